The molecule has 0 amide bonds. The molecule has 0 spiro atoms. The molecule has 0 bridgehead atoms. The smallest absolute Gasteiger partial charge is 0.194 e. The van der Waals surface area contributed by atoms with Crippen LogP contribution in [-0.2, 0) is 10.8 Å². The van der Waals surface area contributed by atoms with Crippen LogP contribution in [0.4, 0.5) is 4.39 Å². The molecule has 1 aromatic carbocycles. The summed E-state index contributed by atoms with van der Waals surface area (Å²) in [6, 6.07) is 3.16. The predicted molar refractivity (Wildman–Crippen MR) is 92.5 cm³/mol. The molecular formula is C16H27ClFNO2Si. The molecule has 6 heteroatoms. The molecule has 0 fully saturated rings. The Hall–Kier alpha value is -0.623. The minimum absolute atomic E-state index is 0.0419. The van der Waals surface area contributed by atoms with Gasteiger partial charge in [-0.15, -0.1) is 0 Å². The quantitative estimate of drug-likeness (QED) is 0.597. The van der Waals surface area contributed by atoms with Gasteiger partial charge in [0.2, 0.25) is 0 Å². The number of ether oxygens (including phenoxy) is 1. The predicted octanol–water partition coefficient (Wildman–Crippen LogP) is 4.73. The molecular weight excluding hydrogens is 321 g/mol. The molecule has 0 aliphatic rings. The molecule has 0 saturated heterocycles. The van der Waals surface area contributed by atoms with Crippen LogP contribution in [-0.4, -0.2) is 21.2 Å². The van der Waals surface area contributed by atoms with Gasteiger partial charge in [-0.3, -0.25) is 0 Å². The minimum atomic E-state index is -2.01. The normalized spacial score (nSPS) is 14.0. The van der Waals surface area contributed by atoms with Crippen LogP contribution in [0.3, 0.4) is 0 Å². The molecule has 1 aromatic rings. The molecule has 3 nitrogen and oxygen atoms in total. The minimum Gasteiger partial charge on any atom is -0.493 e. The van der Waals surface area contributed by atoms with Crippen molar-refractivity contribution in [1.82, 2.24) is 0 Å². The first-order valence-corrected chi connectivity index (χ1v) is 10.8. The first-order chi connectivity index (χ1) is 9.99. The van der Waals surface area contributed by atoms with Gasteiger partial charge < -0.3 is 14.9 Å². The number of halogens is 2. The Bertz CT molecular complexity index is 518. The van der Waals surface area contributed by atoms with Gasteiger partial charge in [-0.2, -0.15) is 0 Å². The van der Waals surface area contributed by atoms with Crippen LogP contribution >= 0.6 is 11.6 Å². The summed E-state index contributed by atoms with van der Waals surface area (Å²) in [6.07, 6.45) is -0.359. The van der Waals surface area contributed by atoms with Gasteiger partial charge in [-0.1, -0.05) is 32.4 Å². The topological polar surface area (TPSA) is 44.5 Å². The highest BCUT2D eigenvalue weighted by Gasteiger charge is 2.38. The number of rotatable bonds is 6. The number of hydrogen-bond acceptors (Lipinski definition) is 3. The van der Waals surface area contributed by atoms with E-state index in [4.69, 9.17) is 26.5 Å². The Morgan fingerprint density at radius 1 is 1.32 bits per heavy atom. The van der Waals surface area contributed by atoms with E-state index in [1.54, 1.807) is 6.07 Å². The standard InChI is InChI=1S/C16H27ClFNO2Si/c1-7-20-13-9-8-12(17)15(18)11(13)10-14(19)21-22(5,6)16(2,3)4/h8-9,14H,7,10,19H2,1-6H3. The zero-order chi connectivity index (χ0) is 17.1. The van der Waals surface area contributed by atoms with Gasteiger partial charge in [0, 0.05) is 12.0 Å². The van der Waals surface area contributed by atoms with Crippen molar-refractivity contribution >= 4 is 19.9 Å². The lowest BCUT2D eigenvalue weighted by Gasteiger charge is -2.38. The van der Waals surface area contributed by atoms with E-state index >= 15 is 0 Å². The Morgan fingerprint density at radius 2 is 1.91 bits per heavy atom. The van der Waals surface area contributed by atoms with Gasteiger partial charge in [-0.05, 0) is 37.2 Å². The SMILES string of the molecule is CCOc1ccc(Cl)c(F)c1CC(N)O[Si](C)(C)C(C)(C)C. The Labute approximate surface area is 139 Å². The maximum atomic E-state index is 14.3. The maximum absolute atomic E-state index is 14.3. The second-order valence-electron chi connectivity index (χ2n) is 6.89. The highest BCUT2D eigenvalue weighted by Crippen LogP contribution is 2.37. The Morgan fingerprint density at radius 3 is 2.41 bits per heavy atom. The van der Waals surface area contributed by atoms with Crippen molar-refractivity contribution in [3.8, 4) is 5.75 Å². The van der Waals surface area contributed by atoms with Crippen molar-refractivity contribution in [1.29, 1.82) is 0 Å². The van der Waals surface area contributed by atoms with Crippen LogP contribution in [0.15, 0.2) is 12.1 Å². The van der Waals surface area contributed by atoms with E-state index in [1.807, 2.05) is 6.92 Å². The summed E-state index contributed by atoms with van der Waals surface area (Å²) in [6.45, 7) is 12.9. The molecule has 0 aromatic heterocycles. The molecule has 0 aliphatic heterocycles. The third-order valence-electron chi connectivity index (χ3n) is 4.11. The summed E-state index contributed by atoms with van der Waals surface area (Å²) < 4.78 is 25.9. The van der Waals surface area contributed by atoms with Gasteiger partial charge in [0.15, 0.2) is 8.32 Å². The summed E-state index contributed by atoms with van der Waals surface area (Å²) in [7, 11) is -2.01. The molecule has 1 unspecified atom stereocenters. The van der Waals surface area contributed by atoms with Gasteiger partial charge in [-0.25, -0.2) is 4.39 Å². The largest absolute Gasteiger partial charge is 0.493 e. The number of nitrogens with two attached hydrogens (primary N) is 1. The van der Waals surface area contributed by atoms with Crippen molar-refractivity contribution in [2.75, 3.05) is 6.61 Å². The lowest BCUT2D eigenvalue weighted by molar-refractivity contribution is 0.184. The average molecular weight is 348 g/mol. The van der Waals surface area contributed by atoms with Gasteiger partial charge >= 0.3 is 0 Å². The molecule has 0 aliphatic carbocycles. The third kappa shape index (κ3) is 4.68. The number of benzene rings is 1. The highest BCUT2D eigenvalue weighted by atomic mass is 35.5. The number of hydrogen-bond donors (Lipinski definition) is 1. The fourth-order valence-electron chi connectivity index (χ4n) is 1.85. The summed E-state index contributed by atoms with van der Waals surface area (Å²) in [5.41, 5.74) is 6.50. The molecule has 1 rings (SSSR count). The van der Waals surface area contributed by atoms with E-state index < -0.39 is 20.4 Å². The van der Waals surface area contributed by atoms with Crippen LogP contribution in [0.5, 0.6) is 5.75 Å². The molecule has 0 heterocycles. The third-order valence-corrected chi connectivity index (χ3v) is 8.91. The van der Waals surface area contributed by atoms with E-state index in [1.165, 1.54) is 6.07 Å². The lowest BCUT2D eigenvalue weighted by Crippen LogP contribution is -2.47. The van der Waals surface area contributed by atoms with Gasteiger partial charge in [0.25, 0.3) is 0 Å². The fraction of sp³-hybridized carbons (Fsp3) is 0.625. The lowest BCUT2D eigenvalue weighted by atomic mass is 10.1. The van der Waals surface area contributed by atoms with Gasteiger partial charge in [0.05, 0.1) is 17.9 Å². The van der Waals surface area contributed by atoms with Crippen molar-refractivity contribution in [3.05, 3.63) is 28.5 Å². The van der Waals surface area contributed by atoms with E-state index in [0.717, 1.165) is 0 Å². The second-order valence-corrected chi connectivity index (χ2v) is 12.1. The first kappa shape index (κ1) is 19.4. The average Bonchev–Trinajstić information content (AvgIpc) is 2.36. The molecule has 0 saturated carbocycles. The summed E-state index contributed by atoms with van der Waals surface area (Å²) >= 11 is 5.87. The van der Waals surface area contributed by atoms with Crippen LogP contribution < -0.4 is 10.5 Å². The summed E-state index contributed by atoms with van der Waals surface area (Å²) in [4.78, 5) is 0. The molecule has 1 atom stereocenters. The fourth-order valence-corrected chi connectivity index (χ4v) is 3.22. The first-order valence-electron chi connectivity index (χ1n) is 7.52. The maximum Gasteiger partial charge on any atom is 0.194 e. The molecule has 2 N–H and O–H groups in total. The van der Waals surface area contributed by atoms with Crippen LogP contribution in [0, 0.1) is 5.82 Å². The molecule has 0 radical (unpaired) electrons. The summed E-state index contributed by atoms with van der Waals surface area (Å²) in [5, 5.41) is 0.109. The molecule has 22 heavy (non-hydrogen) atoms. The van der Waals surface area contributed by atoms with E-state index in [-0.39, 0.29) is 16.5 Å². The van der Waals surface area contributed by atoms with Crippen molar-refractivity contribution in [2.45, 2.75) is 58.5 Å². The van der Waals surface area contributed by atoms with Crippen molar-refractivity contribution in [3.63, 3.8) is 0 Å². The van der Waals surface area contributed by atoms with Crippen LogP contribution in [0.1, 0.15) is 33.3 Å². The van der Waals surface area contributed by atoms with E-state index in [9.17, 15) is 4.39 Å². The Kier molecular flexibility index (Phi) is 6.44. The zero-order valence-corrected chi connectivity index (χ0v) is 16.1. The second kappa shape index (κ2) is 7.30. The van der Waals surface area contributed by atoms with E-state index in [2.05, 4.69) is 33.9 Å². The van der Waals surface area contributed by atoms with Crippen LogP contribution in [0.2, 0.25) is 23.2 Å². The van der Waals surface area contributed by atoms with Crippen molar-refractivity contribution in [2.24, 2.45) is 5.73 Å². The van der Waals surface area contributed by atoms with Crippen molar-refractivity contribution < 1.29 is 13.6 Å². The van der Waals surface area contributed by atoms with E-state index in [0.29, 0.717) is 17.9 Å². The summed E-state index contributed by atoms with van der Waals surface area (Å²) in [5.74, 6) is -0.0134. The Balaban J connectivity index is 2.97. The molecule has 126 valence electrons. The van der Waals surface area contributed by atoms with Gasteiger partial charge in [0.1, 0.15) is 11.6 Å². The van der Waals surface area contributed by atoms with Crippen LogP contribution in [0.25, 0.3) is 0 Å². The zero-order valence-electron chi connectivity index (χ0n) is 14.3. The highest BCUT2D eigenvalue weighted by molar-refractivity contribution is 6.74. The monoisotopic (exact) mass is 347 g/mol.